The Morgan fingerprint density at radius 1 is 1.27 bits per heavy atom. The van der Waals surface area contributed by atoms with Crippen molar-refractivity contribution >= 4 is 23.1 Å². The number of hydrogen-bond donors (Lipinski definition) is 3. The molecule has 2 aromatic heterocycles. The smallest absolute Gasteiger partial charge is 0.229 e. The van der Waals surface area contributed by atoms with E-state index < -0.39 is 11.6 Å². The summed E-state index contributed by atoms with van der Waals surface area (Å²) in [6.07, 6.45) is 5.80. The standard InChI is InChI=1S/C27H30F2N8/c1-4-16(2)25(32-3)19-12-18(13-20(28)24(19)31)26-21(29)14-33-27(36-26)35-23-7-6-17-15-37(10-5-9-30)11-8-22(17)34-23/h6-7,12-14,16,31-32H,4-5,8,10-11,15H2,1-3H3,(H,33,34,35,36)/b25-19-,31-24?. The average Bonchev–Trinajstić information content (AvgIpc) is 2.91. The number of rotatable bonds is 8. The number of nitrogens with zero attached hydrogens (tertiary/aromatic N) is 5. The molecule has 10 heteroatoms. The number of halogens is 2. The maximum Gasteiger partial charge on any atom is 0.229 e. The maximum absolute atomic E-state index is 14.8. The Kier molecular flexibility index (Phi) is 8.04. The van der Waals surface area contributed by atoms with E-state index in [1.165, 1.54) is 0 Å². The highest BCUT2D eigenvalue weighted by atomic mass is 19.1. The zero-order chi connectivity index (χ0) is 26.5. The zero-order valence-electron chi connectivity index (χ0n) is 21.2. The first-order valence-electron chi connectivity index (χ1n) is 12.3. The molecule has 0 fully saturated rings. The molecule has 0 saturated heterocycles. The molecule has 4 rings (SSSR count). The van der Waals surface area contributed by atoms with E-state index in [2.05, 4.69) is 36.6 Å². The minimum absolute atomic E-state index is 0.0599. The van der Waals surface area contributed by atoms with Crippen LogP contribution in [0.15, 0.2) is 47.6 Å². The maximum atomic E-state index is 14.8. The van der Waals surface area contributed by atoms with Gasteiger partial charge in [0.25, 0.3) is 0 Å². The lowest BCUT2D eigenvalue weighted by molar-refractivity contribution is 0.258. The molecule has 2 aromatic rings. The number of fused-ring (bicyclic) bond motifs is 1. The van der Waals surface area contributed by atoms with Gasteiger partial charge < -0.3 is 10.6 Å². The van der Waals surface area contributed by atoms with Crippen molar-refractivity contribution in [2.24, 2.45) is 5.92 Å². The van der Waals surface area contributed by atoms with Crippen molar-refractivity contribution < 1.29 is 8.78 Å². The Morgan fingerprint density at radius 2 is 2.08 bits per heavy atom. The Bertz CT molecular complexity index is 1340. The van der Waals surface area contributed by atoms with Gasteiger partial charge in [0.15, 0.2) is 5.82 Å². The minimum atomic E-state index is -0.753. The van der Waals surface area contributed by atoms with Crippen LogP contribution in [0, 0.1) is 28.5 Å². The van der Waals surface area contributed by atoms with E-state index in [0.717, 1.165) is 56.0 Å². The molecule has 1 aliphatic carbocycles. The summed E-state index contributed by atoms with van der Waals surface area (Å²) in [5, 5.41) is 23.2. The van der Waals surface area contributed by atoms with Crippen molar-refractivity contribution in [3.05, 3.63) is 70.3 Å². The molecule has 2 aliphatic rings. The Morgan fingerprint density at radius 3 is 2.81 bits per heavy atom. The van der Waals surface area contributed by atoms with Gasteiger partial charge in [-0.2, -0.15) is 5.26 Å². The topological polar surface area (TPSA) is 114 Å². The molecular formula is C27H30F2N8. The van der Waals surface area contributed by atoms with Crippen molar-refractivity contribution in [2.75, 3.05) is 25.5 Å². The van der Waals surface area contributed by atoms with Crippen LogP contribution in [0.4, 0.5) is 20.5 Å². The summed E-state index contributed by atoms with van der Waals surface area (Å²) in [4.78, 5) is 15.3. The largest absolute Gasteiger partial charge is 0.391 e. The molecular weight excluding hydrogens is 474 g/mol. The zero-order valence-corrected chi connectivity index (χ0v) is 21.2. The second kappa shape index (κ2) is 11.4. The Labute approximate surface area is 215 Å². The van der Waals surface area contributed by atoms with Gasteiger partial charge in [-0.05, 0) is 36.1 Å². The van der Waals surface area contributed by atoms with Crippen molar-refractivity contribution in [3.8, 4) is 6.07 Å². The number of nitriles is 1. The molecule has 192 valence electrons. The van der Waals surface area contributed by atoms with Gasteiger partial charge in [0, 0.05) is 62.1 Å². The van der Waals surface area contributed by atoms with Crippen LogP contribution in [0.1, 0.15) is 43.6 Å². The van der Waals surface area contributed by atoms with Gasteiger partial charge in [-0.3, -0.25) is 10.3 Å². The molecule has 3 heterocycles. The van der Waals surface area contributed by atoms with E-state index in [-0.39, 0.29) is 28.8 Å². The van der Waals surface area contributed by atoms with Gasteiger partial charge in [-0.1, -0.05) is 19.9 Å². The fraction of sp³-hybridized carbons (Fsp3) is 0.370. The predicted octanol–water partition coefficient (Wildman–Crippen LogP) is 4.82. The highest BCUT2D eigenvalue weighted by Gasteiger charge is 2.24. The third-order valence-electron chi connectivity index (χ3n) is 6.68. The van der Waals surface area contributed by atoms with Crippen LogP contribution in [0.3, 0.4) is 0 Å². The van der Waals surface area contributed by atoms with Gasteiger partial charge >= 0.3 is 0 Å². The molecule has 0 radical (unpaired) electrons. The van der Waals surface area contributed by atoms with E-state index in [1.54, 1.807) is 13.1 Å². The molecule has 0 spiro atoms. The lowest BCUT2D eigenvalue weighted by Crippen LogP contribution is -2.31. The highest BCUT2D eigenvalue weighted by molar-refractivity contribution is 6.15. The number of hydrogen-bond acceptors (Lipinski definition) is 8. The molecule has 1 aliphatic heterocycles. The summed E-state index contributed by atoms with van der Waals surface area (Å²) < 4.78 is 29.6. The number of aromatic nitrogens is 3. The molecule has 1 atom stereocenters. The fourth-order valence-corrected chi connectivity index (χ4v) is 4.49. The number of anilines is 2. The Hall–Kier alpha value is -3.97. The number of nitrogens with one attached hydrogen (secondary N) is 3. The third kappa shape index (κ3) is 5.73. The average molecular weight is 505 g/mol. The summed E-state index contributed by atoms with van der Waals surface area (Å²) in [5.74, 6) is -0.732. The highest BCUT2D eigenvalue weighted by Crippen LogP contribution is 2.31. The molecule has 0 aromatic carbocycles. The summed E-state index contributed by atoms with van der Waals surface area (Å²) >= 11 is 0. The van der Waals surface area contributed by atoms with Crippen LogP contribution >= 0.6 is 0 Å². The van der Waals surface area contributed by atoms with Crippen LogP contribution < -0.4 is 10.6 Å². The van der Waals surface area contributed by atoms with Crippen molar-refractivity contribution in [3.63, 3.8) is 0 Å². The van der Waals surface area contributed by atoms with Gasteiger partial charge in [0.05, 0.1) is 18.0 Å². The first-order valence-corrected chi connectivity index (χ1v) is 12.3. The molecule has 37 heavy (non-hydrogen) atoms. The minimum Gasteiger partial charge on any atom is -0.391 e. The van der Waals surface area contributed by atoms with Crippen molar-refractivity contribution in [1.82, 2.24) is 25.2 Å². The van der Waals surface area contributed by atoms with Crippen molar-refractivity contribution in [1.29, 1.82) is 10.7 Å². The first kappa shape index (κ1) is 26.1. The third-order valence-corrected chi connectivity index (χ3v) is 6.68. The SMILES string of the molecule is CCC(C)/C(NC)=C1\C=C(c2nc(Nc3ccc4c(n3)CCN(CCC#N)C4)ncc2F)C=C(F)C1=N. The second-order valence-electron chi connectivity index (χ2n) is 9.11. The molecule has 8 nitrogen and oxygen atoms in total. The van der Waals surface area contributed by atoms with Gasteiger partial charge in [0.2, 0.25) is 5.95 Å². The summed E-state index contributed by atoms with van der Waals surface area (Å²) in [7, 11) is 1.73. The second-order valence-corrected chi connectivity index (χ2v) is 9.11. The number of allylic oxidation sites excluding steroid dienone is 6. The molecule has 3 N–H and O–H groups in total. The van der Waals surface area contributed by atoms with Crippen LogP contribution in [0.25, 0.3) is 5.57 Å². The Balaban J connectivity index is 1.61. The van der Waals surface area contributed by atoms with Gasteiger partial charge in [-0.15, -0.1) is 0 Å². The van der Waals surface area contributed by atoms with E-state index in [0.29, 0.717) is 23.5 Å². The predicted molar refractivity (Wildman–Crippen MR) is 139 cm³/mol. The molecule has 1 unspecified atom stereocenters. The van der Waals surface area contributed by atoms with Gasteiger partial charge in [-0.25, -0.2) is 23.7 Å². The number of pyridine rings is 1. The van der Waals surface area contributed by atoms with E-state index in [1.807, 2.05) is 26.0 Å². The molecule has 0 amide bonds. The summed E-state index contributed by atoms with van der Waals surface area (Å²) in [6.45, 7) is 6.29. The quantitative estimate of drug-likeness (QED) is 0.472. The van der Waals surface area contributed by atoms with Gasteiger partial charge in [0.1, 0.15) is 17.3 Å². The summed E-state index contributed by atoms with van der Waals surface area (Å²) in [5.41, 5.74) is 3.06. The van der Waals surface area contributed by atoms with E-state index in [9.17, 15) is 8.78 Å². The fourth-order valence-electron chi connectivity index (χ4n) is 4.49. The van der Waals surface area contributed by atoms with Crippen LogP contribution in [0.2, 0.25) is 0 Å². The van der Waals surface area contributed by atoms with Crippen LogP contribution in [-0.4, -0.2) is 45.7 Å². The first-order chi connectivity index (χ1) is 17.8. The lowest BCUT2D eigenvalue weighted by atomic mass is 9.90. The van der Waals surface area contributed by atoms with E-state index >= 15 is 0 Å². The normalized spacial score (nSPS) is 17.8. The van der Waals surface area contributed by atoms with Crippen molar-refractivity contribution in [2.45, 2.75) is 39.7 Å². The monoisotopic (exact) mass is 504 g/mol. The molecule has 0 bridgehead atoms. The summed E-state index contributed by atoms with van der Waals surface area (Å²) in [6, 6.07) is 5.97. The molecule has 0 saturated carbocycles. The van der Waals surface area contributed by atoms with Crippen LogP contribution in [0.5, 0.6) is 0 Å². The van der Waals surface area contributed by atoms with Crippen LogP contribution in [-0.2, 0) is 13.0 Å². The lowest BCUT2D eigenvalue weighted by Gasteiger charge is -2.27. The van der Waals surface area contributed by atoms with E-state index in [4.69, 9.17) is 10.7 Å².